The number of hydrogen-bond donors (Lipinski definition) is 0. The smallest absolute Gasteiger partial charge is 0.319 e. The highest BCUT2D eigenvalue weighted by atomic mass is 35.5. The van der Waals surface area contributed by atoms with Crippen LogP contribution in [0.1, 0.15) is 0 Å². The van der Waals surface area contributed by atoms with Gasteiger partial charge < -0.3 is 13.9 Å². The first-order chi connectivity index (χ1) is 6.64. The molecule has 0 bridgehead atoms. The number of halogens is 1. The molecule has 1 rings (SSSR count). The Bertz CT molecular complexity index is 316. The van der Waals surface area contributed by atoms with E-state index in [0.29, 0.717) is 0 Å². The monoisotopic (exact) mass is 235 g/mol. The van der Waals surface area contributed by atoms with Crippen molar-refractivity contribution >= 4 is 19.4 Å². The van der Waals surface area contributed by atoms with E-state index in [1.165, 1.54) is 12.1 Å². The van der Waals surface area contributed by atoms with E-state index in [1.54, 1.807) is 18.2 Å². The van der Waals surface area contributed by atoms with Crippen molar-refractivity contribution in [1.29, 1.82) is 0 Å². The number of benzene rings is 1. The molecule has 0 N–H and O–H groups in total. The van der Waals surface area contributed by atoms with Crippen molar-refractivity contribution in [2.24, 2.45) is 0 Å². The maximum Gasteiger partial charge on any atom is 0.319 e. The lowest BCUT2D eigenvalue weighted by atomic mass is 10.3. The predicted molar refractivity (Wildman–Crippen MR) is 51.3 cm³/mol. The third kappa shape index (κ3) is 4.11. The van der Waals surface area contributed by atoms with Crippen LogP contribution >= 0.6 is 19.4 Å². The van der Waals surface area contributed by atoms with Crippen molar-refractivity contribution in [3.63, 3.8) is 0 Å². The molecule has 0 heterocycles. The van der Waals surface area contributed by atoms with E-state index in [0.717, 1.165) is 0 Å². The summed E-state index contributed by atoms with van der Waals surface area (Å²) in [6.07, 6.45) is 0. The standard InChI is InChI=1S/C8H10ClO4P/c9-6-7-12-14(10,11)13-8-4-2-1-3-5-8/h1-5H,6-7H2,(H,10,11)/p-1. The molecule has 0 aliphatic rings. The van der Waals surface area contributed by atoms with Gasteiger partial charge in [0.2, 0.25) is 0 Å². The molecule has 0 saturated heterocycles. The quantitative estimate of drug-likeness (QED) is 0.577. The number of rotatable bonds is 5. The van der Waals surface area contributed by atoms with Crippen LogP contribution in [0.5, 0.6) is 5.75 Å². The molecule has 0 saturated carbocycles. The van der Waals surface area contributed by atoms with Gasteiger partial charge in [-0.1, -0.05) is 18.2 Å². The molecule has 0 spiro atoms. The van der Waals surface area contributed by atoms with E-state index in [-0.39, 0.29) is 18.2 Å². The van der Waals surface area contributed by atoms with Gasteiger partial charge in [0.15, 0.2) is 0 Å². The normalized spacial score (nSPS) is 14.7. The zero-order chi connectivity index (χ0) is 10.4. The molecule has 0 radical (unpaired) electrons. The van der Waals surface area contributed by atoms with Crippen LogP contribution in [0.3, 0.4) is 0 Å². The summed E-state index contributed by atoms with van der Waals surface area (Å²) in [6.45, 7) is -0.0881. The first kappa shape index (κ1) is 11.5. The first-order valence-corrected chi connectivity index (χ1v) is 5.90. The Kier molecular flexibility index (Phi) is 4.42. The number of hydrogen-bond acceptors (Lipinski definition) is 4. The fourth-order valence-electron chi connectivity index (χ4n) is 0.783. The van der Waals surface area contributed by atoms with E-state index in [2.05, 4.69) is 9.05 Å². The van der Waals surface area contributed by atoms with Crippen LogP contribution in [0, 0.1) is 0 Å². The highest BCUT2D eigenvalue weighted by Crippen LogP contribution is 2.38. The summed E-state index contributed by atoms with van der Waals surface area (Å²) in [5.74, 6) is 0.324. The van der Waals surface area contributed by atoms with Crippen molar-refractivity contribution in [1.82, 2.24) is 0 Å². The molecule has 1 atom stereocenters. The topological polar surface area (TPSA) is 58.6 Å². The molecule has 0 aromatic heterocycles. The molecule has 78 valence electrons. The van der Waals surface area contributed by atoms with E-state index < -0.39 is 7.82 Å². The second-order valence-electron chi connectivity index (χ2n) is 2.37. The Hall–Kier alpha value is -0.540. The Balaban J connectivity index is 2.55. The predicted octanol–water partition coefficient (Wildman–Crippen LogP) is 1.79. The van der Waals surface area contributed by atoms with Crippen LogP contribution in [0.15, 0.2) is 30.3 Å². The molecule has 1 aromatic carbocycles. The molecule has 0 aliphatic heterocycles. The van der Waals surface area contributed by atoms with Crippen LogP contribution in [-0.4, -0.2) is 12.5 Å². The van der Waals surface area contributed by atoms with Crippen LogP contribution in [0.2, 0.25) is 0 Å². The van der Waals surface area contributed by atoms with Crippen LogP contribution in [0.4, 0.5) is 0 Å². The first-order valence-electron chi connectivity index (χ1n) is 3.90. The van der Waals surface area contributed by atoms with Gasteiger partial charge >= 0.3 is 7.82 Å². The van der Waals surface area contributed by atoms with Crippen molar-refractivity contribution in [3.05, 3.63) is 30.3 Å². The van der Waals surface area contributed by atoms with Gasteiger partial charge in [0.25, 0.3) is 0 Å². The largest absolute Gasteiger partial charge is 0.746 e. The summed E-state index contributed by atoms with van der Waals surface area (Å²) in [4.78, 5) is 11.1. The molecular weight excluding hydrogens is 227 g/mol. The zero-order valence-corrected chi connectivity index (χ0v) is 8.91. The number of phosphoric acid groups is 1. The zero-order valence-electron chi connectivity index (χ0n) is 7.26. The van der Waals surface area contributed by atoms with Crippen molar-refractivity contribution in [3.8, 4) is 5.75 Å². The molecular formula is C8H9ClO4P-. The van der Waals surface area contributed by atoms with Crippen LogP contribution < -0.4 is 9.42 Å². The summed E-state index contributed by atoms with van der Waals surface area (Å²) >= 11 is 5.27. The Labute approximate surface area is 87.0 Å². The Morgan fingerprint density at radius 1 is 1.36 bits per heavy atom. The van der Waals surface area contributed by atoms with E-state index in [1.807, 2.05) is 0 Å². The molecule has 1 aromatic rings. The minimum absolute atomic E-state index is 0.0881. The third-order valence-electron chi connectivity index (χ3n) is 1.29. The molecule has 6 heteroatoms. The van der Waals surface area contributed by atoms with Crippen molar-refractivity contribution in [2.75, 3.05) is 12.5 Å². The van der Waals surface area contributed by atoms with E-state index in [9.17, 15) is 9.46 Å². The summed E-state index contributed by atoms with van der Waals surface area (Å²) in [5, 5.41) is 0. The average Bonchev–Trinajstić information content (AvgIpc) is 2.16. The molecule has 0 amide bonds. The summed E-state index contributed by atoms with van der Waals surface area (Å²) < 4.78 is 20.1. The minimum atomic E-state index is -4.27. The molecule has 14 heavy (non-hydrogen) atoms. The van der Waals surface area contributed by atoms with Gasteiger partial charge in [-0.3, -0.25) is 4.57 Å². The molecule has 0 aliphatic carbocycles. The number of para-hydroxylation sites is 1. The highest BCUT2D eigenvalue weighted by molar-refractivity contribution is 7.46. The fourth-order valence-corrected chi connectivity index (χ4v) is 1.72. The summed E-state index contributed by atoms with van der Waals surface area (Å²) in [6, 6.07) is 8.12. The third-order valence-corrected chi connectivity index (χ3v) is 2.37. The lowest BCUT2D eigenvalue weighted by Gasteiger charge is -2.22. The van der Waals surface area contributed by atoms with E-state index >= 15 is 0 Å². The summed E-state index contributed by atoms with van der Waals surface area (Å²) in [7, 11) is -4.27. The van der Waals surface area contributed by atoms with Gasteiger partial charge in [-0.2, -0.15) is 0 Å². The highest BCUT2D eigenvalue weighted by Gasteiger charge is 2.09. The average molecular weight is 236 g/mol. The van der Waals surface area contributed by atoms with Crippen molar-refractivity contribution in [2.45, 2.75) is 0 Å². The summed E-state index contributed by atoms with van der Waals surface area (Å²) in [5.41, 5.74) is 0. The molecule has 1 unspecified atom stereocenters. The van der Waals surface area contributed by atoms with Gasteiger partial charge in [-0.25, -0.2) is 0 Å². The van der Waals surface area contributed by atoms with Gasteiger partial charge in [0.1, 0.15) is 5.75 Å². The Morgan fingerprint density at radius 2 is 2.00 bits per heavy atom. The fraction of sp³-hybridized carbons (Fsp3) is 0.250. The second kappa shape index (κ2) is 5.37. The van der Waals surface area contributed by atoms with Gasteiger partial charge in [0, 0.05) is 5.88 Å². The maximum atomic E-state index is 11.1. The maximum absolute atomic E-state index is 11.1. The van der Waals surface area contributed by atoms with Gasteiger partial charge in [-0.05, 0) is 12.1 Å². The number of alkyl halides is 1. The van der Waals surface area contributed by atoms with Crippen molar-refractivity contribution < 1.29 is 18.5 Å². The Morgan fingerprint density at radius 3 is 2.57 bits per heavy atom. The molecule has 4 nitrogen and oxygen atoms in total. The van der Waals surface area contributed by atoms with Crippen LogP contribution in [-0.2, 0) is 9.09 Å². The SMILES string of the molecule is O=P([O-])(OCCCl)Oc1ccccc1. The van der Waals surface area contributed by atoms with E-state index in [4.69, 9.17) is 11.6 Å². The second-order valence-corrected chi connectivity index (χ2v) is 4.09. The van der Waals surface area contributed by atoms with Gasteiger partial charge in [-0.15, -0.1) is 11.6 Å². The van der Waals surface area contributed by atoms with Gasteiger partial charge in [0.05, 0.1) is 6.61 Å². The molecule has 0 fully saturated rings. The van der Waals surface area contributed by atoms with Crippen LogP contribution in [0.25, 0.3) is 0 Å². The number of phosphoric ester groups is 1. The minimum Gasteiger partial charge on any atom is -0.746 e. The lowest BCUT2D eigenvalue weighted by molar-refractivity contribution is -0.216. The lowest BCUT2D eigenvalue weighted by Crippen LogP contribution is -2.11.